The van der Waals surface area contributed by atoms with Gasteiger partial charge >= 0.3 is 5.97 Å². The second-order valence-corrected chi connectivity index (χ2v) is 7.58. The Balaban J connectivity index is 2.18. The van der Waals surface area contributed by atoms with E-state index < -0.39 is 5.97 Å². The molecule has 1 atom stereocenters. The van der Waals surface area contributed by atoms with Crippen LogP contribution in [0.25, 0.3) is 0 Å². The lowest BCUT2D eigenvalue weighted by atomic mass is 9.90. The second kappa shape index (κ2) is 10.5. The Morgan fingerprint density at radius 2 is 1.47 bits per heavy atom. The SMILES string of the molecule is COc1ccc(OC)c(C(c2ccc(OC)c(OC)c2OC)N2CCC(C(=O)O)CC2)c1. The summed E-state index contributed by atoms with van der Waals surface area (Å²) >= 11 is 0. The number of likely N-dealkylation sites (tertiary alicyclic amines) is 1. The van der Waals surface area contributed by atoms with Gasteiger partial charge in [-0.25, -0.2) is 0 Å². The molecule has 8 nitrogen and oxygen atoms in total. The lowest BCUT2D eigenvalue weighted by molar-refractivity contribution is -0.143. The van der Waals surface area contributed by atoms with E-state index in [0.29, 0.717) is 54.7 Å². The van der Waals surface area contributed by atoms with E-state index in [1.807, 2.05) is 30.3 Å². The molecule has 0 spiro atoms. The maximum Gasteiger partial charge on any atom is 0.306 e. The van der Waals surface area contributed by atoms with Crippen molar-refractivity contribution in [2.45, 2.75) is 18.9 Å². The summed E-state index contributed by atoms with van der Waals surface area (Å²) in [4.78, 5) is 13.8. The number of hydrogen-bond donors (Lipinski definition) is 1. The number of nitrogens with zero attached hydrogens (tertiary/aromatic N) is 1. The zero-order valence-electron chi connectivity index (χ0n) is 19.2. The van der Waals surface area contributed by atoms with Crippen LogP contribution in [-0.4, -0.2) is 64.6 Å². The average Bonchev–Trinajstić information content (AvgIpc) is 2.83. The predicted molar refractivity (Wildman–Crippen MR) is 119 cm³/mol. The molecule has 1 unspecified atom stereocenters. The molecule has 2 aromatic carbocycles. The summed E-state index contributed by atoms with van der Waals surface area (Å²) in [5.41, 5.74) is 1.76. The summed E-state index contributed by atoms with van der Waals surface area (Å²) in [5.74, 6) is 1.94. The minimum absolute atomic E-state index is 0.274. The third-order valence-electron chi connectivity index (χ3n) is 6.00. The van der Waals surface area contributed by atoms with Gasteiger partial charge in [-0.05, 0) is 56.3 Å². The number of benzene rings is 2. The fraction of sp³-hybridized carbons (Fsp3) is 0.458. The molecule has 0 aliphatic carbocycles. The van der Waals surface area contributed by atoms with E-state index in [1.54, 1.807) is 35.5 Å². The van der Waals surface area contributed by atoms with Gasteiger partial charge < -0.3 is 28.8 Å². The number of carbonyl (C=O) groups is 1. The number of ether oxygens (including phenoxy) is 5. The fourth-order valence-corrected chi connectivity index (χ4v) is 4.36. The molecule has 1 saturated heterocycles. The Morgan fingerprint density at radius 1 is 0.844 bits per heavy atom. The Kier molecular flexibility index (Phi) is 7.69. The lowest BCUT2D eigenvalue weighted by Gasteiger charge is -2.38. The Bertz CT molecular complexity index is 938. The van der Waals surface area contributed by atoms with Crippen molar-refractivity contribution >= 4 is 5.97 Å². The molecule has 8 heteroatoms. The third kappa shape index (κ3) is 4.55. The van der Waals surface area contributed by atoms with Gasteiger partial charge in [0.1, 0.15) is 11.5 Å². The van der Waals surface area contributed by atoms with Crippen LogP contribution in [0.5, 0.6) is 28.7 Å². The van der Waals surface area contributed by atoms with E-state index in [0.717, 1.165) is 11.1 Å². The summed E-state index contributed by atoms with van der Waals surface area (Å²) < 4.78 is 28.1. The first kappa shape index (κ1) is 23.5. The average molecular weight is 446 g/mol. The summed E-state index contributed by atoms with van der Waals surface area (Å²) in [6, 6.07) is 9.20. The molecule has 1 N–H and O–H groups in total. The van der Waals surface area contributed by atoms with Crippen LogP contribution < -0.4 is 23.7 Å². The van der Waals surface area contributed by atoms with Crippen molar-refractivity contribution in [2.75, 3.05) is 48.6 Å². The van der Waals surface area contributed by atoms with Crippen LogP contribution in [-0.2, 0) is 4.79 Å². The van der Waals surface area contributed by atoms with Gasteiger partial charge in [-0.3, -0.25) is 9.69 Å². The molecule has 0 radical (unpaired) electrons. The van der Waals surface area contributed by atoms with Crippen LogP contribution in [0.4, 0.5) is 0 Å². The normalized spacial score (nSPS) is 15.7. The maximum atomic E-state index is 11.5. The number of rotatable bonds is 9. The van der Waals surface area contributed by atoms with E-state index in [-0.39, 0.29) is 12.0 Å². The van der Waals surface area contributed by atoms with Gasteiger partial charge in [0.25, 0.3) is 0 Å². The van der Waals surface area contributed by atoms with Crippen LogP contribution in [0.15, 0.2) is 30.3 Å². The third-order valence-corrected chi connectivity index (χ3v) is 6.00. The molecular weight excluding hydrogens is 414 g/mol. The predicted octanol–water partition coefficient (Wildman–Crippen LogP) is 3.62. The largest absolute Gasteiger partial charge is 0.497 e. The molecular formula is C24H31NO7. The standard InChI is InChI=1S/C24H31NO7/c1-28-16-6-8-19(29-2)18(14-16)21(25-12-10-15(11-13-25)24(26)27)17-7-9-20(30-3)23(32-5)22(17)31-4/h6-9,14-15,21H,10-13H2,1-5H3,(H,26,27). The highest BCUT2D eigenvalue weighted by Crippen LogP contribution is 2.47. The highest BCUT2D eigenvalue weighted by molar-refractivity contribution is 5.70. The second-order valence-electron chi connectivity index (χ2n) is 7.58. The first-order chi connectivity index (χ1) is 15.5. The maximum absolute atomic E-state index is 11.5. The fourth-order valence-electron chi connectivity index (χ4n) is 4.36. The number of hydrogen-bond acceptors (Lipinski definition) is 7. The molecule has 2 aromatic rings. The molecule has 32 heavy (non-hydrogen) atoms. The Hall–Kier alpha value is -3.13. The van der Waals surface area contributed by atoms with Crippen molar-refractivity contribution in [3.05, 3.63) is 41.5 Å². The lowest BCUT2D eigenvalue weighted by Crippen LogP contribution is -2.39. The topological polar surface area (TPSA) is 86.7 Å². The van der Waals surface area contributed by atoms with Crippen molar-refractivity contribution in [1.82, 2.24) is 4.90 Å². The molecule has 0 amide bonds. The van der Waals surface area contributed by atoms with Crippen LogP contribution in [0, 0.1) is 5.92 Å². The minimum Gasteiger partial charge on any atom is -0.497 e. The Labute approximate surface area is 188 Å². The van der Waals surface area contributed by atoms with Crippen LogP contribution in [0.1, 0.15) is 30.0 Å². The van der Waals surface area contributed by atoms with Crippen molar-refractivity contribution in [2.24, 2.45) is 5.92 Å². The van der Waals surface area contributed by atoms with Gasteiger partial charge in [0.05, 0.1) is 47.5 Å². The van der Waals surface area contributed by atoms with E-state index in [2.05, 4.69) is 4.90 Å². The first-order valence-electron chi connectivity index (χ1n) is 10.5. The molecule has 1 aliphatic heterocycles. The van der Waals surface area contributed by atoms with Crippen molar-refractivity contribution in [1.29, 1.82) is 0 Å². The van der Waals surface area contributed by atoms with Gasteiger partial charge in [0.2, 0.25) is 5.75 Å². The minimum atomic E-state index is -0.746. The summed E-state index contributed by atoms with van der Waals surface area (Å²) in [7, 11) is 8.00. The molecule has 0 aromatic heterocycles. The Morgan fingerprint density at radius 3 is 2.00 bits per heavy atom. The molecule has 0 bridgehead atoms. The molecule has 1 aliphatic rings. The monoisotopic (exact) mass is 445 g/mol. The van der Waals surface area contributed by atoms with E-state index in [4.69, 9.17) is 23.7 Å². The quantitative estimate of drug-likeness (QED) is 0.626. The van der Waals surface area contributed by atoms with Crippen molar-refractivity contribution in [3.8, 4) is 28.7 Å². The van der Waals surface area contributed by atoms with E-state index in [9.17, 15) is 9.90 Å². The molecule has 3 rings (SSSR count). The molecule has 1 fully saturated rings. The number of carboxylic acid groups (broad SMARTS) is 1. The number of piperidine rings is 1. The highest BCUT2D eigenvalue weighted by atomic mass is 16.5. The van der Waals surface area contributed by atoms with Crippen molar-refractivity contribution in [3.63, 3.8) is 0 Å². The number of aliphatic carboxylic acids is 1. The number of carboxylic acids is 1. The van der Waals surface area contributed by atoms with Gasteiger partial charge in [0.15, 0.2) is 11.5 Å². The van der Waals surface area contributed by atoms with E-state index in [1.165, 1.54) is 0 Å². The van der Waals surface area contributed by atoms with Gasteiger partial charge in [-0.1, -0.05) is 0 Å². The van der Waals surface area contributed by atoms with Gasteiger partial charge in [0, 0.05) is 11.1 Å². The van der Waals surface area contributed by atoms with E-state index >= 15 is 0 Å². The summed E-state index contributed by atoms with van der Waals surface area (Å²) in [5, 5.41) is 9.45. The summed E-state index contributed by atoms with van der Waals surface area (Å²) in [6.07, 6.45) is 1.13. The summed E-state index contributed by atoms with van der Waals surface area (Å²) in [6.45, 7) is 1.22. The molecule has 0 saturated carbocycles. The van der Waals surface area contributed by atoms with Crippen molar-refractivity contribution < 1.29 is 33.6 Å². The van der Waals surface area contributed by atoms with Crippen LogP contribution in [0.2, 0.25) is 0 Å². The first-order valence-corrected chi connectivity index (χ1v) is 10.5. The van der Waals surface area contributed by atoms with Crippen LogP contribution >= 0.6 is 0 Å². The highest BCUT2D eigenvalue weighted by Gasteiger charge is 2.34. The van der Waals surface area contributed by atoms with Crippen LogP contribution in [0.3, 0.4) is 0 Å². The molecule has 1 heterocycles. The smallest absolute Gasteiger partial charge is 0.306 e. The van der Waals surface area contributed by atoms with Gasteiger partial charge in [-0.2, -0.15) is 0 Å². The number of methoxy groups -OCH3 is 5. The van der Waals surface area contributed by atoms with Gasteiger partial charge in [-0.15, -0.1) is 0 Å². The zero-order valence-corrected chi connectivity index (χ0v) is 19.2. The molecule has 174 valence electrons. The zero-order chi connectivity index (χ0) is 23.3.